The highest BCUT2D eigenvalue weighted by molar-refractivity contribution is 6.05. The summed E-state index contributed by atoms with van der Waals surface area (Å²) < 4.78 is 12.5. The van der Waals surface area contributed by atoms with E-state index in [1.54, 1.807) is 55.4 Å². The largest absolute Gasteiger partial charge is 0.493 e. The van der Waals surface area contributed by atoms with Crippen molar-refractivity contribution in [3.05, 3.63) is 54.6 Å². The number of imidazole rings is 1. The molecule has 3 aromatic heterocycles. The molecular weight excluding hydrogens is 334 g/mol. The maximum absolute atomic E-state index is 12.5. The molecule has 3 heterocycles. The first kappa shape index (κ1) is 15.8. The third-order valence-corrected chi connectivity index (χ3v) is 4.00. The van der Waals surface area contributed by atoms with Crippen LogP contribution >= 0.6 is 0 Å². The van der Waals surface area contributed by atoms with E-state index in [1.807, 2.05) is 6.07 Å². The van der Waals surface area contributed by atoms with Crippen LogP contribution in [-0.2, 0) is 0 Å². The smallest absolute Gasteiger partial charge is 0.259 e. The minimum absolute atomic E-state index is 0.318. The lowest BCUT2D eigenvalue weighted by Gasteiger charge is -2.13. The molecule has 0 radical (unpaired) electrons. The molecule has 1 N–H and O–H groups in total. The molecule has 130 valence electrons. The first-order valence-corrected chi connectivity index (χ1v) is 7.82. The standard InChI is InChI=1S/C18H15N5O3/c1-25-13-6-5-12-14(15(13)26-2)21-18(23-9-8-20-16(12)23)22-17(24)11-4-3-7-19-10-11/h3-10H,1-2H3,(H,21,22,24). The normalized spacial score (nSPS) is 10.8. The van der Waals surface area contributed by atoms with Crippen LogP contribution < -0.4 is 14.8 Å². The van der Waals surface area contributed by atoms with Gasteiger partial charge in [0.05, 0.1) is 19.8 Å². The molecule has 8 nitrogen and oxygen atoms in total. The van der Waals surface area contributed by atoms with E-state index in [2.05, 4.69) is 20.3 Å². The van der Waals surface area contributed by atoms with Gasteiger partial charge >= 0.3 is 0 Å². The lowest BCUT2D eigenvalue weighted by molar-refractivity contribution is 0.102. The van der Waals surface area contributed by atoms with Crippen LogP contribution in [0.25, 0.3) is 16.6 Å². The summed E-state index contributed by atoms with van der Waals surface area (Å²) in [4.78, 5) is 25.4. The predicted molar refractivity (Wildman–Crippen MR) is 95.8 cm³/mol. The molecule has 0 saturated heterocycles. The van der Waals surface area contributed by atoms with Gasteiger partial charge in [-0.05, 0) is 24.3 Å². The van der Waals surface area contributed by atoms with Crippen LogP contribution in [0.3, 0.4) is 0 Å². The van der Waals surface area contributed by atoms with E-state index in [0.717, 1.165) is 5.39 Å². The van der Waals surface area contributed by atoms with Crippen LogP contribution in [0, 0.1) is 0 Å². The number of carbonyl (C=O) groups excluding carboxylic acids is 1. The zero-order valence-electron chi connectivity index (χ0n) is 14.1. The lowest BCUT2D eigenvalue weighted by Crippen LogP contribution is -2.16. The highest BCUT2D eigenvalue weighted by Crippen LogP contribution is 2.36. The Morgan fingerprint density at radius 1 is 1.15 bits per heavy atom. The van der Waals surface area contributed by atoms with Gasteiger partial charge in [0.15, 0.2) is 11.5 Å². The van der Waals surface area contributed by atoms with Gasteiger partial charge in [-0.2, -0.15) is 0 Å². The average Bonchev–Trinajstić information content (AvgIpc) is 3.18. The molecule has 0 unspecified atom stereocenters. The summed E-state index contributed by atoms with van der Waals surface area (Å²) in [7, 11) is 3.10. The monoisotopic (exact) mass is 349 g/mol. The molecule has 0 saturated carbocycles. The molecule has 0 fully saturated rings. The Morgan fingerprint density at radius 2 is 2.04 bits per heavy atom. The number of hydrogen-bond acceptors (Lipinski definition) is 6. The first-order chi connectivity index (χ1) is 12.7. The molecule has 0 atom stereocenters. The predicted octanol–water partition coefficient (Wildman–Crippen LogP) is 2.55. The van der Waals surface area contributed by atoms with Gasteiger partial charge in [-0.1, -0.05) is 0 Å². The van der Waals surface area contributed by atoms with E-state index in [1.165, 1.54) is 6.20 Å². The van der Waals surface area contributed by atoms with E-state index in [0.29, 0.717) is 34.2 Å². The molecule has 1 amide bonds. The van der Waals surface area contributed by atoms with Crippen LogP contribution in [0.4, 0.5) is 5.95 Å². The van der Waals surface area contributed by atoms with E-state index >= 15 is 0 Å². The number of pyridine rings is 1. The summed E-state index contributed by atoms with van der Waals surface area (Å²) in [5.41, 5.74) is 1.63. The number of ether oxygens (including phenoxy) is 2. The van der Waals surface area contributed by atoms with Gasteiger partial charge in [0.2, 0.25) is 5.95 Å². The molecule has 0 spiro atoms. The molecule has 4 rings (SSSR count). The van der Waals surface area contributed by atoms with Crippen molar-refractivity contribution in [1.29, 1.82) is 0 Å². The fourth-order valence-electron chi connectivity index (χ4n) is 2.79. The van der Waals surface area contributed by atoms with Crippen LogP contribution in [-0.4, -0.2) is 39.5 Å². The number of benzene rings is 1. The summed E-state index contributed by atoms with van der Waals surface area (Å²) in [6, 6.07) is 7.03. The molecular formula is C18H15N5O3. The molecule has 26 heavy (non-hydrogen) atoms. The number of amides is 1. The lowest BCUT2D eigenvalue weighted by atomic mass is 10.2. The molecule has 0 aliphatic rings. The Balaban J connectivity index is 1.90. The topological polar surface area (TPSA) is 90.6 Å². The quantitative estimate of drug-likeness (QED) is 0.609. The molecule has 0 aliphatic carbocycles. The fraction of sp³-hybridized carbons (Fsp3) is 0.111. The number of nitrogens with zero attached hydrogens (tertiary/aromatic N) is 4. The van der Waals surface area contributed by atoms with Crippen LogP contribution in [0.15, 0.2) is 49.1 Å². The number of nitrogens with one attached hydrogen (secondary N) is 1. The van der Waals surface area contributed by atoms with E-state index in [-0.39, 0.29) is 5.91 Å². The van der Waals surface area contributed by atoms with Crippen LogP contribution in [0.1, 0.15) is 10.4 Å². The Labute approximate surface area is 148 Å². The molecule has 0 bridgehead atoms. The highest BCUT2D eigenvalue weighted by Gasteiger charge is 2.18. The van der Waals surface area contributed by atoms with Crippen molar-refractivity contribution in [3.63, 3.8) is 0 Å². The number of hydrogen-bond donors (Lipinski definition) is 1. The summed E-state index contributed by atoms with van der Waals surface area (Å²) in [6.07, 6.45) is 6.48. The zero-order chi connectivity index (χ0) is 18.1. The van der Waals surface area contributed by atoms with E-state index in [4.69, 9.17) is 9.47 Å². The van der Waals surface area contributed by atoms with Gasteiger partial charge in [-0.15, -0.1) is 0 Å². The van der Waals surface area contributed by atoms with Gasteiger partial charge < -0.3 is 9.47 Å². The summed E-state index contributed by atoms with van der Waals surface area (Å²) in [5, 5.41) is 3.59. The zero-order valence-corrected chi connectivity index (χ0v) is 14.1. The number of rotatable bonds is 4. The fourth-order valence-corrected chi connectivity index (χ4v) is 2.79. The van der Waals surface area contributed by atoms with E-state index in [9.17, 15) is 4.79 Å². The van der Waals surface area contributed by atoms with Crippen molar-refractivity contribution in [2.75, 3.05) is 19.5 Å². The summed E-state index contributed by atoms with van der Waals surface area (Å²) in [5.74, 6) is 1.03. The minimum atomic E-state index is -0.318. The van der Waals surface area contributed by atoms with Crippen molar-refractivity contribution in [1.82, 2.24) is 19.4 Å². The van der Waals surface area contributed by atoms with Crippen LogP contribution in [0.5, 0.6) is 11.5 Å². The number of fused-ring (bicyclic) bond motifs is 3. The second-order valence-electron chi connectivity index (χ2n) is 5.45. The van der Waals surface area contributed by atoms with Gasteiger partial charge in [0.1, 0.15) is 11.2 Å². The maximum Gasteiger partial charge on any atom is 0.259 e. The van der Waals surface area contributed by atoms with Crippen molar-refractivity contribution < 1.29 is 14.3 Å². The second kappa shape index (κ2) is 6.32. The molecule has 1 aromatic carbocycles. The first-order valence-electron chi connectivity index (χ1n) is 7.82. The molecule has 8 heteroatoms. The maximum atomic E-state index is 12.5. The minimum Gasteiger partial charge on any atom is -0.493 e. The van der Waals surface area contributed by atoms with Crippen molar-refractivity contribution in [2.45, 2.75) is 0 Å². The second-order valence-corrected chi connectivity index (χ2v) is 5.45. The molecule has 0 aliphatic heterocycles. The highest BCUT2D eigenvalue weighted by atomic mass is 16.5. The van der Waals surface area contributed by atoms with Gasteiger partial charge in [0, 0.05) is 30.2 Å². The number of methoxy groups -OCH3 is 2. The van der Waals surface area contributed by atoms with Crippen molar-refractivity contribution in [2.24, 2.45) is 0 Å². The summed E-state index contributed by atoms with van der Waals surface area (Å²) in [6.45, 7) is 0. The molecule has 4 aromatic rings. The Kier molecular flexibility index (Phi) is 3.85. The van der Waals surface area contributed by atoms with Gasteiger partial charge in [-0.3, -0.25) is 19.5 Å². The third kappa shape index (κ3) is 2.48. The van der Waals surface area contributed by atoms with Crippen molar-refractivity contribution >= 4 is 28.4 Å². The summed E-state index contributed by atoms with van der Waals surface area (Å²) >= 11 is 0. The number of anilines is 1. The Hall–Kier alpha value is -3.68. The van der Waals surface area contributed by atoms with Gasteiger partial charge in [-0.25, -0.2) is 9.97 Å². The Morgan fingerprint density at radius 3 is 2.77 bits per heavy atom. The third-order valence-electron chi connectivity index (χ3n) is 4.00. The van der Waals surface area contributed by atoms with E-state index < -0.39 is 0 Å². The Bertz CT molecular complexity index is 1110. The van der Waals surface area contributed by atoms with Crippen molar-refractivity contribution in [3.8, 4) is 11.5 Å². The number of carbonyl (C=O) groups is 1. The SMILES string of the molecule is COc1ccc2c(nc(NC(=O)c3cccnc3)n3ccnc23)c1OC. The van der Waals surface area contributed by atoms with Crippen LogP contribution in [0.2, 0.25) is 0 Å². The number of aromatic nitrogens is 4. The average molecular weight is 349 g/mol. The van der Waals surface area contributed by atoms with Gasteiger partial charge in [0.25, 0.3) is 5.91 Å².